The van der Waals surface area contributed by atoms with E-state index in [1.165, 1.54) is 0 Å². The van der Waals surface area contributed by atoms with E-state index in [9.17, 15) is 8.42 Å². The van der Waals surface area contributed by atoms with E-state index in [0.29, 0.717) is 23.5 Å². The average molecular weight is 230 g/mol. The van der Waals surface area contributed by atoms with Gasteiger partial charge in [-0.15, -0.1) is 0 Å². The highest BCUT2D eigenvalue weighted by molar-refractivity contribution is 7.89. The van der Waals surface area contributed by atoms with E-state index in [0.717, 1.165) is 39.0 Å². The van der Waals surface area contributed by atoms with Crippen LogP contribution in [0.4, 0.5) is 0 Å². The van der Waals surface area contributed by atoms with Gasteiger partial charge < -0.3 is 5.32 Å². The Bertz CT molecular complexity index is 338. The van der Waals surface area contributed by atoms with Crippen LogP contribution in [0.25, 0.3) is 0 Å². The molecule has 3 rings (SSSR count). The SMILES string of the molecule is O=S(=O)(CC1CC1)N1CC2CNCC2C1. The van der Waals surface area contributed by atoms with E-state index in [2.05, 4.69) is 5.32 Å². The second-order valence-electron chi connectivity index (χ2n) is 5.22. The maximum atomic E-state index is 12.0. The first-order valence-electron chi connectivity index (χ1n) is 5.84. The number of nitrogens with zero attached hydrogens (tertiary/aromatic N) is 1. The van der Waals surface area contributed by atoms with Gasteiger partial charge in [0.2, 0.25) is 10.0 Å². The fourth-order valence-electron chi connectivity index (χ4n) is 2.73. The Hall–Kier alpha value is -0.130. The molecule has 0 aromatic carbocycles. The molecule has 4 nitrogen and oxygen atoms in total. The minimum Gasteiger partial charge on any atom is -0.316 e. The second kappa shape index (κ2) is 3.43. The van der Waals surface area contributed by atoms with Crippen molar-refractivity contribution < 1.29 is 8.42 Å². The molecule has 0 spiro atoms. The van der Waals surface area contributed by atoms with E-state index in [4.69, 9.17) is 0 Å². The van der Waals surface area contributed by atoms with Crippen LogP contribution in [0.5, 0.6) is 0 Å². The van der Waals surface area contributed by atoms with Gasteiger partial charge >= 0.3 is 0 Å². The van der Waals surface area contributed by atoms with Crippen molar-refractivity contribution in [1.29, 1.82) is 0 Å². The molecule has 1 N–H and O–H groups in total. The van der Waals surface area contributed by atoms with E-state index < -0.39 is 10.0 Å². The summed E-state index contributed by atoms with van der Waals surface area (Å²) >= 11 is 0. The van der Waals surface area contributed by atoms with Gasteiger partial charge in [0.25, 0.3) is 0 Å². The van der Waals surface area contributed by atoms with Crippen molar-refractivity contribution in [3.8, 4) is 0 Å². The summed E-state index contributed by atoms with van der Waals surface area (Å²) in [6, 6.07) is 0. The van der Waals surface area contributed by atoms with Crippen molar-refractivity contribution in [3.05, 3.63) is 0 Å². The van der Waals surface area contributed by atoms with Gasteiger partial charge in [0.05, 0.1) is 5.75 Å². The Labute approximate surface area is 91.1 Å². The molecule has 0 bridgehead atoms. The summed E-state index contributed by atoms with van der Waals surface area (Å²) in [7, 11) is -2.93. The van der Waals surface area contributed by atoms with Crippen LogP contribution in [0, 0.1) is 17.8 Å². The van der Waals surface area contributed by atoms with Crippen LogP contribution in [0.15, 0.2) is 0 Å². The third-order valence-electron chi connectivity index (χ3n) is 3.89. The normalized spacial score (nSPS) is 37.1. The number of hydrogen-bond acceptors (Lipinski definition) is 3. The summed E-state index contributed by atoms with van der Waals surface area (Å²) in [4.78, 5) is 0. The van der Waals surface area contributed by atoms with Crippen LogP contribution in [-0.4, -0.2) is 44.7 Å². The Kier molecular flexibility index (Phi) is 2.30. The minimum absolute atomic E-state index is 0.403. The molecule has 5 heteroatoms. The van der Waals surface area contributed by atoms with Crippen molar-refractivity contribution >= 4 is 10.0 Å². The second-order valence-corrected chi connectivity index (χ2v) is 7.23. The maximum Gasteiger partial charge on any atom is 0.214 e. The van der Waals surface area contributed by atoms with Crippen LogP contribution in [0.2, 0.25) is 0 Å². The quantitative estimate of drug-likeness (QED) is 0.735. The first-order valence-corrected chi connectivity index (χ1v) is 7.44. The fraction of sp³-hybridized carbons (Fsp3) is 1.00. The van der Waals surface area contributed by atoms with Crippen molar-refractivity contribution in [2.24, 2.45) is 17.8 Å². The van der Waals surface area contributed by atoms with Crippen LogP contribution in [0.3, 0.4) is 0 Å². The third kappa shape index (κ3) is 1.92. The van der Waals surface area contributed by atoms with Gasteiger partial charge in [0.1, 0.15) is 0 Å². The van der Waals surface area contributed by atoms with Crippen molar-refractivity contribution in [1.82, 2.24) is 9.62 Å². The van der Waals surface area contributed by atoms with Gasteiger partial charge in [-0.1, -0.05) is 0 Å². The predicted molar refractivity (Wildman–Crippen MR) is 57.9 cm³/mol. The lowest BCUT2D eigenvalue weighted by Gasteiger charge is -2.16. The van der Waals surface area contributed by atoms with E-state index >= 15 is 0 Å². The number of hydrogen-bond donors (Lipinski definition) is 1. The highest BCUT2D eigenvalue weighted by Gasteiger charge is 2.42. The molecule has 2 aliphatic heterocycles. The molecule has 0 amide bonds. The summed E-state index contributed by atoms with van der Waals surface area (Å²) in [5, 5.41) is 3.33. The first kappa shape index (κ1) is 10.1. The summed E-state index contributed by atoms with van der Waals surface area (Å²) < 4.78 is 25.8. The van der Waals surface area contributed by atoms with E-state index in [1.807, 2.05) is 0 Å². The van der Waals surface area contributed by atoms with Crippen LogP contribution < -0.4 is 5.32 Å². The lowest BCUT2D eigenvalue weighted by Crippen LogP contribution is -2.34. The number of rotatable bonds is 3. The van der Waals surface area contributed by atoms with Crippen LogP contribution in [0.1, 0.15) is 12.8 Å². The molecule has 0 aromatic heterocycles. The smallest absolute Gasteiger partial charge is 0.214 e. The molecule has 0 aromatic rings. The summed E-state index contributed by atoms with van der Waals surface area (Å²) in [5.74, 6) is 2.01. The van der Waals surface area contributed by atoms with Gasteiger partial charge in [0, 0.05) is 13.1 Å². The first-order chi connectivity index (χ1) is 7.15. The zero-order valence-electron chi connectivity index (χ0n) is 8.85. The number of nitrogens with one attached hydrogen (secondary N) is 1. The minimum atomic E-state index is -2.93. The molecular formula is C10H18N2O2S. The van der Waals surface area contributed by atoms with Gasteiger partial charge in [-0.2, -0.15) is 0 Å². The van der Waals surface area contributed by atoms with Crippen molar-refractivity contribution in [2.75, 3.05) is 31.9 Å². The summed E-state index contributed by atoms with van der Waals surface area (Å²) in [6.45, 7) is 3.51. The number of sulfonamides is 1. The Morgan fingerprint density at radius 2 is 1.73 bits per heavy atom. The molecule has 2 saturated heterocycles. The van der Waals surface area contributed by atoms with Crippen LogP contribution in [-0.2, 0) is 10.0 Å². The standard InChI is InChI=1S/C10H18N2O2S/c13-15(14,7-8-1-2-8)12-5-9-3-11-4-10(9)6-12/h8-11H,1-7H2. The predicted octanol–water partition coefficient (Wildman–Crippen LogP) is -0.123. The fourth-order valence-corrected chi connectivity index (χ4v) is 4.70. The molecule has 2 heterocycles. The molecule has 1 aliphatic carbocycles. The highest BCUT2D eigenvalue weighted by atomic mass is 32.2. The molecule has 2 atom stereocenters. The lowest BCUT2D eigenvalue weighted by molar-refractivity contribution is 0.446. The molecule has 1 saturated carbocycles. The third-order valence-corrected chi connectivity index (χ3v) is 5.87. The van der Waals surface area contributed by atoms with Gasteiger partial charge in [-0.25, -0.2) is 12.7 Å². The largest absolute Gasteiger partial charge is 0.316 e. The summed E-state index contributed by atoms with van der Waals surface area (Å²) in [5.41, 5.74) is 0. The Balaban J connectivity index is 1.67. The zero-order valence-corrected chi connectivity index (χ0v) is 9.67. The van der Waals surface area contributed by atoms with Crippen molar-refractivity contribution in [2.45, 2.75) is 12.8 Å². The molecule has 15 heavy (non-hydrogen) atoms. The average Bonchev–Trinajstić information content (AvgIpc) is 2.72. The van der Waals surface area contributed by atoms with Crippen LogP contribution >= 0.6 is 0 Å². The van der Waals surface area contributed by atoms with Crippen molar-refractivity contribution in [3.63, 3.8) is 0 Å². The monoisotopic (exact) mass is 230 g/mol. The molecule has 3 fully saturated rings. The molecule has 3 aliphatic rings. The Morgan fingerprint density at radius 3 is 2.27 bits per heavy atom. The molecule has 0 radical (unpaired) electrons. The van der Waals surface area contributed by atoms with Gasteiger partial charge in [0.15, 0.2) is 0 Å². The molecule has 86 valence electrons. The van der Waals surface area contributed by atoms with Gasteiger partial charge in [-0.3, -0.25) is 0 Å². The Morgan fingerprint density at radius 1 is 1.13 bits per heavy atom. The lowest BCUT2D eigenvalue weighted by atomic mass is 10.0. The molecule has 2 unspecified atom stereocenters. The summed E-state index contributed by atoms with van der Waals surface area (Å²) in [6.07, 6.45) is 2.23. The zero-order chi connectivity index (χ0) is 10.5. The highest BCUT2D eigenvalue weighted by Crippen LogP contribution is 2.34. The number of fused-ring (bicyclic) bond motifs is 1. The van der Waals surface area contributed by atoms with E-state index in [-0.39, 0.29) is 0 Å². The van der Waals surface area contributed by atoms with Gasteiger partial charge in [-0.05, 0) is 43.7 Å². The van der Waals surface area contributed by atoms with E-state index in [1.54, 1.807) is 4.31 Å². The topological polar surface area (TPSA) is 49.4 Å². The molecular weight excluding hydrogens is 212 g/mol. The maximum absolute atomic E-state index is 12.0.